The van der Waals surface area contributed by atoms with Gasteiger partial charge in [0.1, 0.15) is 5.82 Å². The lowest BCUT2D eigenvalue weighted by Gasteiger charge is -2.42. The number of hydrazine groups is 1. The van der Waals surface area contributed by atoms with Crippen LogP contribution in [-0.4, -0.2) is 52.0 Å². The number of nitrogen functional groups attached to an aromatic ring is 1. The average Bonchev–Trinajstić information content (AvgIpc) is 3.26. The van der Waals surface area contributed by atoms with Crippen LogP contribution in [-0.2, 0) is 6.42 Å². The number of allylic oxidation sites excluding steroid dienone is 2. The number of piperidine rings is 2. The number of hydrogen-bond acceptors (Lipinski definition) is 8. The molecule has 3 aliphatic heterocycles. The Balaban J connectivity index is 1.00. The van der Waals surface area contributed by atoms with Crippen LogP contribution in [0.2, 0.25) is 0 Å². The first kappa shape index (κ1) is 26.8. The zero-order valence-corrected chi connectivity index (χ0v) is 24.3. The molecule has 0 saturated carbocycles. The van der Waals surface area contributed by atoms with Crippen LogP contribution in [0.15, 0.2) is 60.4 Å². The minimum atomic E-state index is -0.244. The SMILES string of the molecule is CC1CCN(C2CCN(c3ccc(Nc4nc(N)n(N5C=C6CCCc7ccccc7C6=CN5)n4)cc3F)CC2)CC1. The number of halogens is 1. The molecule has 0 spiro atoms. The van der Waals surface area contributed by atoms with E-state index in [1.165, 1.54) is 59.1 Å². The Morgan fingerprint density at radius 2 is 1.81 bits per heavy atom. The first-order chi connectivity index (χ1) is 20.5. The molecule has 4 N–H and O–H groups in total. The fraction of sp³-hybridized carbons (Fsp3) is 0.438. The quantitative estimate of drug-likeness (QED) is 0.388. The molecule has 1 aliphatic carbocycles. The molecule has 1 aromatic heterocycles. The molecule has 3 aromatic rings. The van der Waals surface area contributed by atoms with E-state index < -0.39 is 0 Å². The second-order valence-corrected chi connectivity index (χ2v) is 12.1. The number of rotatable bonds is 5. The van der Waals surface area contributed by atoms with Crippen molar-refractivity contribution < 1.29 is 4.39 Å². The molecule has 0 atom stereocenters. The summed E-state index contributed by atoms with van der Waals surface area (Å²) in [5, 5.41) is 9.42. The van der Waals surface area contributed by atoms with Crippen molar-refractivity contribution in [1.82, 2.24) is 25.2 Å². The lowest BCUT2D eigenvalue weighted by Crippen LogP contribution is -2.47. The molecular formula is C32H40FN9. The average molecular weight is 570 g/mol. The van der Waals surface area contributed by atoms with Gasteiger partial charge in [0.2, 0.25) is 5.95 Å². The number of nitrogens with two attached hydrogens (primary N) is 1. The van der Waals surface area contributed by atoms with E-state index in [1.807, 2.05) is 24.5 Å². The molecule has 2 saturated heterocycles. The third-order valence-electron chi connectivity index (χ3n) is 9.33. The van der Waals surface area contributed by atoms with Crippen LogP contribution in [0.3, 0.4) is 0 Å². The molecule has 0 radical (unpaired) electrons. The summed E-state index contributed by atoms with van der Waals surface area (Å²) in [7, 11) is 0. The topological polar surface area (TPSA) is 90.5 Å². The van der Waals surface area contributed by atoms with Gasteiger partial charge in [-0.1, -0.05) is 31.2 Å². The fourth-order valence-corrected chi connectivity index (χ4v) is 6.87. The second-order valence-electron chi connectivity index (χ2n) is 12.1. The summed E-state index contributed by atoms with van der Waals surface area (Å²) >= 11 is 0. The number of anilines is 4. The van der Waals surface area contributed by atoms with Crippen molar-refractivity contribution in [2.24, 2.45) is 5.92 Å². The van der Waals surface area contributed by atoms with Gasteiger partial charge in [0.25, 0.3) is 5.95 Å². The standard InChI is InChI=1S/C32H40FN9/c1-22-11-15-39(16-12-22)26-13-17-40(18-14-26)30-10-9-25(19-29(30)33)36-32-37-31(34)42(38-32)41-21-24-7-4-6-23-5-2-3-8-27(23)28(24)20-35-41/h2-3,5,8-10,19-22,26,35H,4,6-7,11-18H2,1H3,(H3,34,36,37,38). The molecule has 4 aliphatic rings. The van der Waals surface area contributed by atoms with Gasteiger partial charge in [-0.05, 0) is 98.9 Å². The molecule has 9 nitrogen and oxygen atoms in total. The molecule has 7 rings (SSSR count). The van der Waals surface area contributed by atoms with E-state index in [2.05, 4.69) is 61.8 Å². The lowest BCUT2D eigenvalue weighted by atomic mass is 9.95. The summed E-state index contributed by atoms with van der Waals surface area (Å²) in [5.74, 6) is 1.12. The molecule has 10 heteroatoms. The Morgan fingerprint density at radius 3 is 2.62 bits per heavy atom. The summed E-state index contributed by atoms with van der Waals surface area (Å²) in [5.41, 5.74) is 15.8. The van der Waals surface area contributed by atoms with Crippen molar-refractivity contribution in [3.63, 3.8) is 0 Å². The van der Waals surface area contributed by atoms with Crippen LogP contribution < -0.4 is 26.5 Å². The van der Waals surface area contributed by atoms with Gasteiger partial charge >= 0.3 is 0 Å². The van der Waals surface area contributed by atoms with Gasteiger partial charge in [-0.3, -0.25) is 5.43 Å². The molecule has 0 bridgehead atoms. The first-order valence-electron chi connectivity index (χ1n) is 15.3. The maximum absolute atomic E-state index is 15.3. The van der Waals surface area contributed by atoms with Gasteiger partial charge < -0.3 is 20.9 Å². The van der Waals surface area contributed by atoms with E-state index >= 15 is 4.39 Å². The summed E-state index contributed by atoms with van der Waals surface area (Å²) in [6.45, 7) is 6.51. The van der Waals surface area contributed by atoms with Crippen molar-refractivity contribution in [1.29, 1.82) is 0 Å². The highest BCUT2D eigenvalue weighted by Gasteiger charge is 2.28. The molecule has 0 unspecified atom stereocenters. The van der Waals surface area contributed by atoms with Crippen molar-refractivity contribution >= 4 is 28.8 Å². The molecule has 42 heavy (non-hydrogen) atoms. The van der Waals surface area contributed by atoms with Gasteiger partial charge in [0.05, 0.1) is 11.9 Å². The van der Waals surface area contributed by atoms with Crippen LogP contribution in [0.25, 0.3) is 5.57 Å². The van der Waals surface area contributed by atoms with E-state index in [0.717, 1.165) is 51.1 Å². The number of nitrogens with zero attached hydrogens (tertiary/aromatic N) is 6. The largest absolute Gasteiger partial charge is 0.369 e. The molecule has 220 valence electrons. The molecular weight excluding hydrogens is 529 g/mol. The van der Waals surface area contributed by atoms with E-state index in [9.17, 15) is 0 Å². The third-order valence-corrected chi connectivity index (χ3v) is 9.33. The number of fused-ring (bicyclic) bond motifs is 3. The molecule has 4 heterocycles. The molecule has 2 aromatic carbocycles. The minimum Gasteiger partial charge on any atom is -0.369 e. The highest BCUT2D eigenvalue weighted by atomic mass is 19.1. The number of likely N-dealkylation sites (tertiary alicyclic amines) is 1. The number of benzene rings is 2. The van der Waals surface area contributed by atoms with Gasteiger partial charge in [-0.15, -0.1) is 9.89 Å². The van der Waals surface area contributed by atoms with E-state index in [4.69, 9.17) is 5.73 Å². The van der Waals surface area contributed by atoms with Gasteiger partial charge in [-0.25, -0.2) is 4.39 Å². The molecule has 0 amide bonds. The summed E-state index contributed by atoms with van der Waals surface area (Å²) in [4.78, 5) is 10.7. The van der Waals surface area contributed by atoms with Crippen LogP contribution >= 0.6 is 0 Å². The first-order valence-corrected chi connectivity index (χ1v) is 15.3. The number of aryl methyl sites for hydroxylation is 1. The van der Waals surface area contributed by atoms with E-state index in [1.54, 1.807) is 5.12 Å². The second kappa shape index (κ2) is 11.3. The minimum absolute atomic E-state index is 0.218. The molecule has 2 fully saturated rings. The normalized spacial score (nSPS) is 20.2. The zero-order valence-electron chi connectivity index (χ0n) is 24.3. The van der Waals surface area contributed by atoms with Crippen molar-refractivity contribution in [3.8, 4) is 0 Å². The number of nitrogens with one attached hydrogen (secondary N) is 2. The fourth-order valence-electron chi connectivity index (χ4n) is 6.87. The predicted molar refractivity (Wildman–Crippen MR) is 166 cm³/mol. The Bertz CT molecular complexity index is 1500. The Kier molecular flexibility index (Phi) is 7.23. The zero-order chi connectivity index (χ0) is 28.6. The van der Waals surface area contributed by atoms with Gasteiger partial charge in [0.15, 0.2) is 0 Å². The number of aromatic nitrogens is 3. The Hall–Kier alpha value is -4.05. The lowest BCUT2D eigenvalue weighted by molar-refractivity contribution is 0.120. The highest BCUT2D eigenvalue weighted by Crippen LogP contribution is 2.35. The maximum atomic E-state index is 15.3. The smallest absolute Gasteiger partial charge is 0.250 e. The summed E-state index contributed by atoms with van der Waals surface area (Å²) < 4.78 is 15.3. The van der Waals surface area contributed by atoms with Crippen LogP contribution in [0.5, 0.6) is 0 Å². The van der Waals surface area contributed by atoms with E-state index in [-0.39, 0.29) is 11.8 Å². The predicted octanol–water partition coefficient (Wildman–Crippen LogP) is 5.16. The van der Waals surface area contributed by atoms with Crippen LogP contribution in [0.1, 0.15) is 56.6 Å². The van der Waals surface area contributed by atoms with Gasteiger partial charge in [-0.2, -0.15) is 10.1 Å². The van der Waals surface area contributed by atoms with Crippen LogP contribution in [0, 0.1) is 11.7 Å². The van der Waals surface area contributed by atoms with Crippen LogP contribution in [0.4, 0.5) is 27.7 Å². The monoisotopic (exact) mass is 569 g/mol. The van der Waals surface area contributed by atoms with E-state index in [0.29, 0.717) is 23.4 Å². The summed E-state index contributed by atoms with van der Waals surface area (Å²) in [6.07, 6.45) is 11.9. The highest BCUT2D eigenvalue weighted by molar-refractivity contribution is 5.82. The van der Waals surface area contributed by atoms with Crippen molar-refractivity contribution in [3.05, 3.63) is 77.4 Å². The van der Waals surface area contributed by atoms with Gasteiger partial charge in [0, 0.05) is 36.6 Å². The number of hydrogen-bond donors (Lipinski definition) is 3. The Morgan fingerprint density at radius 1 is 1.00 bits per heavy atom. The van der Waals surface area contributed by atoms with Crippen molar-refractivity contribution in [2.75, 3.05) is 47.2 Å². The summed E-state index contributed by atoms with van der Waals surface area (Å²) in [6, 6.07) is 14.4. The maximum Gasteiger partial charge on any atom is 0.250 e. The van der Waals surface area contributed by atoms with Crippen molar-refractivity contribution in [2.45, 2.75) is 57.9 Å². The Labute approximate surface area is 246 Å². The third kappa shape index (κ3) is 5.31.